The van der Waals surface area contributed by atoms with Gasteiger partial charge >= 0.3 is 0 Å². The lowest BCUT2D eigenvalue weighted by Gasteiger charge is -2.21. The third-order valence-electron chi connectivity index (χ3n) is 3.53. The topological polar surface area (TPSA) is 37.4 Å². The van der Waals surface area contributed by atoms with E-state index in [9.17, 15) is 8.42 Å². The smallest absolute Gasteiger partial charge is 0.179 e. The molecule has 1 saturated carbocycles. The fourth-order valence-electron chi connectivity index (χ4n) is 2.27. The lowest BCUT2D eigenvalue weighted by atomic mass is 10.3. The van der Waals surface area contributed by atoms with Gasteiger partial charge in [-0.05, 0) is 43.9 Å². The first-order chi connectivity index (χ1) is 9.12. The summed E-state index contributed by atoms with van der Waals surface area (Å²) in [5, 5.41) is 0. The second-order valence-corrected chi connectivity index (χ2v) is 7.49. The van der Waals surface area contributed by atoms with Crippen molar-refractivity contribution in [1.82, 2.24) is 4.90 Å². The molecule has 0 spiro atoms. The van der Waals surface area contributed by atoms with Crippen molar-refractivity contribution in [1.29, 1.82) is 0 Å². The first-order valence-corrected chi connectivity index (χ1v) is 8.77. The highest BCUT2D eigenvalue weighted by atomic mass is 32.2. The van der Waals surface area contributed by atoms with E-state index >= 15 is 0 Å². The van der Waals surface area contributed by atoms with Gasteiger partial charge in [0.2, 0.25) is 0 Å². The van der Waals surface area contributed by atoms with Crippen molar-refractivity contribution in [3.63, 3.8) is 0 Å². The monoisotopic (exact) mass is 281 g/mol. The van der Waals surface area contributed by atoms with Crippen LogP contribution < -0.4 is 0 Å². The normalized spacial score (nSPS) is 15.9. The van der Waals surface area contributed by atoms with Gasteiger partial charge in [-0.3, -0.25) is 0 Å². The summed E-state index contributed by atoms with van der Waals surface area (Å²) in [4.78, 5) is 2.75. The summed E-state index contributed by atoms with van der Waals surface area (Å²) < 4.78 is 24.4. The quantitative estimate of drug-likeness (QED) is 0.735. The van der Waals surface area contributed by atoms with E-state index in [1.807, 2.05) is 6.07 Å². The van der Waals surface area contributed by atoms with Crippen LogP contribution >= 0.6 is 0 Å². The molecule has 0 N–H and O–H groups in total. The van der Waals surface area contributed by atoms with Gasteiger partial charge in [0.05, 0.1) is 10.6 Å². The molecule has 0 amide bonds. The Morgan fingerprint density at radius 2 is 1.84 bits per heavy atom. The summed E-state index contributed by atoms with van der Waals surface area (Å²) in [5.41, 5.74) is 0. The highest BCUT2D eigenvalue weighted by molar-refractivity contribution is 7.91. The second kappa shape index (κ2) is 6.53. The SMILES string of the molecule is CCCN(CCS(=O)(=O)c1ccccc1)CC1CC1. The molecule has 1 fully saturated rings. The Bertz CT molecular complexity index is 480. The van der Waals surface area contributed by atoms with Gasteiger partial charge < -0.3 is 4.90 Å². The maximum atomic E-state index is 12.2. The van der Waals surface area contributed by atoms with Crippen molar-refractivity contribution in [2.24, 2.45) is 5.92 Å². The van der Waals surface area contributed by atoms with Crippen LogP contribution in [-0.4, -0.2) is 38.7 Å². The molecule has 4 heteroatoms. The van der Waals surface area contributed by atoms with Gasteiger partial charge in [-0.25, -0.2) is 8.42 Å². The molecule has 0 bridgehead atoms. The molecule has 0 radical (unpaired) electrons. The summed E-state index contributed by atoms with van der Waals surface area (Å²) in [6, 6.07) is 8.76. The molecule has 0 heterocycles. The average molecular weight is 281 g/mol. The van der Waals surface area contributed by atoms with Crippen molar-refractivity contribution < 1.29 is 8.42 Å². The summed E-state index contributed by atoms with van der Waals surface area (Å²) in [6.07, 6.45) is 3.70. The molecule has 2 rings (SSSR count). The molecule has 3 nitrogen and oxygen atoms in total. The minimum atomic E-state index is -3.13. The molecule has 0 atom stereocenters. The van der Waals surface area contributed by atoms with Crippen LogP contribution in [0, 0.1) is 5.92 Å². The number of hydrogen-bond acceptors (Lipinski definition) is 3. The molecule has 0 aliphatic heterocycles. The van der Waals surface area contributed by atoms with E-state index < -0.39 is 9.84 Å². The summed E-state index contributed by atoms with van der Waals surface area (Å²) in [5.74, 6) is 1.04. The van der Waals surface area contributed by atoms with Crippen LogP contribution in [0.15, 0.2) is 35.2 Å². The van der Waals surface area contributed by atoms with Crippen LogP contribution in [0.4, 0.5) is 0 Å². The molecular formula is C15H23NO2S. The minimum Gasteiger partial charge on any atom is -0.302 e. The Morgan fingerprint density at radius 3 is 2.42 bits per heavy atom. The molecule has 1 aliphatic rings. The van der Waals surface area contributed by atoms with Gasteiger partial charge in [0.25, 0.3) is 0 Å². The summed E-state index contributed by atoms with van der Waals surface area (Å²) in [6.45, 7) is 4.87. The van der Waals surface area contributed by atoms with Crippen LogP contribution in [0.25, 0.3) is 0 Å². The number of benzene rings is 1. The average Bonchev–Trinajstić information content (AvgIpc) is 3.21. The Balaban J connectivity index is 1.91. The fourth-order valence-corrected chi connectivity index (χ4v) is 3.58. The lowest BCUT2D eigenvalue weighted by molar-refractivity contribution is 0.278. The number of rotatable bonds is 8. The largest absolute Gasteiger partial charge is 0.302 e. The molecule has 1 aromatic carbocycles. The molecule has 1 aliphatic carbocycles. The Hall–Kier alpha value is -0.870. The number of sulfone groups is 1. The maximum Gasteiger partial charge on any atom is 0.179 e. The Labute approximate surface area is 116 Å². The van der Waals surface area contributed by atoms with Crippen molar-refractivity contribution in [3.8, 4) is 0 Å². The summed E-state index contributed by atoms with van der Waals surface area (Å²) >= 11 is 0. The fraction of sp³-hybridized carbons (Fsp3) is 0.600. The second-order valence-electron chi connectivity index (χ2n) is 5.38. The van der Waals surface area contributed by atoms with Crippen molar-refractivity contribution in [2.45, 2.75) is 31.1 Å². The van der Waals surface area contributed by atoms with E-state index in [4.69, 9.17) is 0 Å². The van der Waals surface area contributed by atoms with Crippen LogP contribution in [0.1, 0.15) is 26.2 Å². The van der Waals surface area contributed by atoms with E-state index in [1.54, 1.807) is 24.3 Å². The zero-order valence-electron chi connectivity index (χ0n) is 11.6. The van der Waals surface area contributed by atoms with E-state index in [-0.39, 0.29) is 5.75 Å². The van der Waals surface area contributed by atoms with Crippen molar-refractivity contribution >= 4 is 9.84 Å². The first-order valence-electron chi connectivity index (χ1n) is 7.12. The van der Waals surface area contributed by atoms with Crippen molar-refractivity contribution in [3.05, 3.63) is 30.3 Å². The molecule has 1 aromatic rings. The maximum absolute atomic E-state index is 12.2. The van der Waals surface area contributed by atoms with Crippen LogP contribution in [0.5, 0.6) is 0 Å². The van der Waals surface area contributed by atoms with E-state index in [2.05, 4.69) is 11.8 Å². The zero-order valence-corrected chi connectivity index (χ0v) is 12.4. The predicted octanol–water partition coefficient (Wildman–Crippen LogP) is 2.58. The van der Waals surface area contributed by atoms with E-state index in [0.29, 0.717) is 11.4 Å². The van der Waals surface area contributed by atoms with Gasteiger partial charge in [-0.1, -0.05) is 25.1 Å². The lowest BCUT2D eigenvalue weighted by Crippen LogP contribution is -2.32. The van der Waals surface area contributed by atoms with Crippen molar-refractivity contribution in [2.75, 3.05) is 25.4 Å². The molecule has 0 aromatic heterocycles. The standard InChI is InChI=1S/C15H23NO2S/c1-2-10-16(13-14-8-9-14)11-12-19(17,18)15-6-4-3-5-7-15/h3-7,14H,2,8-13H2,1H3. The molecule has 19 heavy (non-hydrogen) atoms. The Morgan fingerprint density at radius 1 is 1.16 bits per heavy atom. The highest BCUT2D eigenvalue weighted by Crippen LogP contribution is 2.29. The third kappa shape index (κ3) is 4.62. The van der Waals surface area contributed by atoms with E-state index in [1.165, 1.54) is 12.8 Å². The first kappa shape index (κ1) is 14.5. The van der Waals surface area contributed by atoms with Crippen LogP contribution in [0.3, 0.4) is 0 Å². The van der Waals surface area contributed by atoms with Crippen LogP contribution in [-0.2, 0) is 9.84 Å². The van der Waals surface area contributed by atoms with Gasteiger partial charge in [0.15, 0.2) is 9.84 Å². The number of nitrogens with zero attached hydrogens (tertiary/aromatic N) is 1. The van der Waals surface area contributed by atoms with Gasteiger partial charge in [0, 0.05) is 13.1 Å². The van der Waals surface area contributed by atoms with Crippen LogP contribution in [0.2, 0.25) is 0 Å². The molecular weight excluding hydrogens is 258 g/mol. The molecule has 0 unspecified atom stereocenters. The third-order valence-corrected chi connectivity index (χ3v) is 5.24. The van der Waals surface area contributed by atoms with E-state index in [0.717, 1.165) is 25.4 Å². The van der Waals surface area contributed by atoms with Gasteiger partial charge in [-0.2, -0.15) is 0 Å². The Kier molecular flexibility index (Phi) is 4.99. The zero-order chi connectivity index (χ0) is 13.7. The number of hydrogen-bond donors (Lipinski definition) is 0. The van der Waals surface area contributed by atoms with Gasteiger partial charge in [0.1, 0.15) is 0 Å². The molecule has 0 saturated heterocycles. The predicted molar refractivity (Wildman–Crippen MR) is 77.9 cm³/mol. The summed E-state index contributed by atoms with van der Waals surface area (Å²) in [7, 11) is -3.13. The highest BCUT2D eigenvalue weighted by Gasteiger charge is 2.25. The minimum absolute atomic E-state index is 0.226. The van der Waals surface area contributed by atoms with Gasteiger partial charge in [-0.15, -0.1) is 0 Å². The molecule has 106 valence electrons.